The van der Waals surface area contributed by atoms with Crippen LogP contribution in [0.2, 0.25) is 0 Å². The highest BCUT2D eigenvalue weighted by Gasteiger charge is 2.31. The van der Waals surface area contributed by atoms with E-state index < -0.39 is 18.6 Å². The van der Waals surface area contributed by atoms with E-state index >= 15 is 0 Å². The maximum absolute atomic E-state index is 12.4. The van der Waals surface area contributed by atoms with Crippen molar-refractivity contribution >= 4 is 11.7 Å². The highest BCUT2D eigenvalue weighted by atomic mass is 19.4. The van der Waals surface area contributed by atoms with Crippen molar-refractivity contribution in [2.75, 3.05) is 26.1 Å². The topological polar surface area (TPSA) is 78.9 Å². The minimum Gasteiger partial charge on any atom is -0.480 e. The quantitative estimate of drug-likeness (QED) is 0.428. The van der Waals surface area contributed by atoms with Gasteiger partial charge in [0.05, 0.1) is 25.1 Å². The maximum atomic E-state index is 12.4. The first-order valence-electron chi connectivity index (χ1n) is 9.98. The Morgan fingerprint density at radius 3 is 2.28 bits per heavy atom. The van der Waals surface area contributed by atoms with E-state index in [4.69, 9.17) is 14.2 Å². The Bertz CT molecular complexity index is 904. The van der Waals surface area contributed by atoms with Crippen LogP contribution in [0.5, 0.6) is 11.6 Å². The lowest BCUT2D eigenvalue weighted by molar-refractivity contribution is -0.274. The molecular weight excluding hydrogens is 429 g/mol. The summed E-state index contributed by atoms with van der Waals surface area (Å²) >= 11 is 0. The number of benzene rings is 1. The van der Waals surface area contributed by atoms with E-state index in [0.29, 0.717) is 28.1 Å². The van der Waals surface area contributed by atoms with Gasteiger partial charge in [-0.05, 0) is 56.2 Å². The number of carbonyl (C=O) groups is 1. The van der Waals surface area contributed by atoms with Gasteiger partial charge in [0.2, 0.25) is 12.1 Å². The highest BCUT2D eigenvalue weighted by molar-refractivity contribution is 5.79. The van der Waals surface area contributed by atoms with Gasteiger partial charge < -0.3 is 24.3 Å². The number of esters is 1. The zero-order valence-corrected chi connectivity index (χ0v) is 19.2. The molecular formula is C22H29F3N2O5. The molecule has 32 heavy (non-hydrogen) atoms. The third kappa shape index (κ3) is 7.30. The van der Waals surface area contributed by atoms with Crippen molar-refractivity contribution in [3.63, 3.8) is 0 Å². The molecule has 10 heteroatoms. The average Bonchev–Trinajstić information content (AvgIpc) is 2.73. The maximum Gasteiger partial charge on any atom is 0.573 e. The lowest BCUT2D eigenvalue weighted by Crippen LogP contribution is -2.33. The summed E-state index contributed by atoms with van der Waals surface area (Å²) in [5.74, 6) is -0.735. The number of hydrogen-bond donors (Lipinski definition) is 1. The Morgan fingerprint density at radius 2 is 1.78 bits per heavy atom. The van der Waals surface area contributed by atoms with E-state index in [1.54, 1.807) is 26.8 Å². The van der Waals surface area contributed by atoms with Gasteiger partial charge >= 0.3 is 12.3 Å². The largest absolute Gasteiger partial charge is 0.573 e. The molecule has 0 fully saturated rings. The van der Waals surface area contributed by atoms with Crippen molar-refractivity contribution in [1.82, 2.24) is 4.98 Å². The fourth-order valence-electron chi connectivity index (χ4n) is 2.80. The minimum absolute atomic E-state index is 0.178. The van der Waals surface area contributed by atoms with Crippen LogP contribution >= 0.6 is 0 Å². The van der Waals surface area contributed by atoms with E-state index in [1.807, 2.05) is 13.8 Å². The van der Waals surface area contributed by atoms with Crippen LogP contribution in [-0.2, 0) is 14.3 Å². The number of methoxy groups -OCH3 is 2. The molecule has 0 aliphatic carbocycles. The van der Waals surface area contributed by atoms with Gasteiger partial charge in [0.15, 0.2) is 0 Å². The Labute approximate surface area is 185 Å². The summed E-state index contributed by atoms with van der Waals surface area (Å²) < 4.78 is 56.7. The van der Waals surface area contributed by atoms with E-state index in [2.05, 4.69) is 15.0 Å². The number of alkyl halides is 3. The highest BCUT2D eigenvalue weighted by Crippen LogP contribution is 2.34. The van der Waals surface area contributed by atoms with Crippen LogP contribution < -0.4 is 14.8 Å². The Morgan fingerprint density at radius 1 is 1.12 bits per heavy atom. The van der Waals surface area contributed by atoms with Crippen LogP contribution in [0.25, 0.3) is 11.3 Å². The summed E-state index contributed by atoms with van der Waals surface area (Å²) in [4.78, 5) is 16.4. The Balaban J connectivity index is 0.00000249. The molecule has 1 aromatic heterocycles. The summed E-state index contributed by atoms with van der Waals surface area (Å²) in [6.07, 6.45) is -5.83. The fourth-order valence-corrected chi connectivity index (χ4v) is 2.80. The molecule has 0 saturated heterocycles. The van der Waals surface area contributed by atoms with E-state index in [9.17, 15) is 18.0 Å². The standard InChI is InChI=1S/C20H23F3N2O5.C2H6/c1-6-29-19(26)18(28-5)24-15-10-12(3)16(25-17(15)27-4)14-8-7-13(9-11(14)2)30-20(21,22)23;1-2/h7-10,18,24H,6H2,1-5H3;1-2H3. The van der Waals surface area contributed by atoms with Crippen LogP contribution in [0.3, 0.4) is 0 Å². The summed E-state index contributed by atoms with van der Waals surface area (Å²) in [6, 6.07) is 5.70. The van der Waals surface area contributed by atoms with E-state index in [0.717, 1.165) is 0 Å². The fraction of sp³-hybridized carbons (Fsp3) is 0.455. The second-order valence-electron chi connectivity index (χ2n) is 6.25. The first-order chi connectivity index (χ1) is 15.1. The van der Waals surface area contributed by atoms with Crippen LogP contribution in [0.15, 0.2) is 24.3 Å². The number of halogens is 3. The molecule has 7 nitrogen and oxygen atoms in total. The zero-order chi connectivity index (χ0) is 24.5. The lowest BCUT2D eigenvalue weighted by Gasteiger charge is -2.20. The van der Waals surface area contributed by atoms with Crippen LogP contribution in [0.1, 0.15) is 31.9 Å². The molecule has 0 bridgehead atoms. The van der Waals surface area contributed by atoms with Crippen molar-refractivity contribution in [3.05, 3.63) is 35.4 Å². The first-order valence-corrected chi connectivity index (χ1v) is 9.98. The third-order valence-corrected chi connectivity index (χ3v) is 4.08. The summed E-state index contributed by atoms with van der Waals surface area (Å²) in [5.41, 5.74) is 2.76. The van der Waals surface area contributed by atoms with Crippen LogP contribution in [0.4, 0.5) is 18.9 Å². The molecule has 2 rings (SSSR count). The van der Waals surface area contributed by atoms with Gasteiger partial charge in [0.25, 0.3) is 0 Å². The average molecular weight is 458 g/mol. The number of aromatic nitrogens is 1. The second-order valence-corrected chi connectivity index (χ2v) is 6.25. The number of aryl methyl sites for hydroxylation is 2. The minimum atomic E-state index is -4.77. The molecule has 1 N–H and O–H groups in total. The third-order valence-electron chi connectivity index (χ3n) is 4.08. The van der Waals surface area contributed by atoms with Gasteiger partial charge in [-0.2, -0.15) is 0 Å². The van der Waals surface area contributed by atoms with Crippen LogP contribution in [-0.4, -0.2) is 44.4 Å². The number of ether oxygens (including phenoxy) is 4. The number of hydrogen-bond acceptors (Lipinski definition) is 7. The predicted molar refractivity (Wildman–Crippen MR) is 115 cm³/mol. The molecule has 0 radical (unpaired) electrons. The van der Waals surface area contributed by atoms with Crippen LogP contribution in [0, 0.1) is 13.8 Å². The van der Waals surface area contributed by atoms with Crippen molar-refractivity contribution < 1.29 is 36.9 Å². The zero-order valence-electron chi connectivity index (χ0n) is 19.2. The monoisotopic (exact) mass is 458 g/mol. The molecule has 178 valence electrons. The lowest BCUT2D eigenvalue weighted by atomic mass is 10.0. The molecule has 0 aliphatic rings. The number of anilines is 1. The van der Waals surface area contributed by atoms with Crippen molar-refractivity contribution in [2.45, 2.75) is 47.2 Å². The number of carbonyl (C=O) groups excluding carboxylic acids is 1. The Hall–Kier alpha value is -3.01. The molecule has 1 aromatic carbocycles. The SMILES string of the molecule is CC.CCOC(=O)C(Nc1cc(C)c(-c2ccc(OC(F)(F)F)cc2C)nc1OC)OC. The number of rotatable bonds is 8. The summed E-state index contributed by atoms with van der Waals surface area (Å²) in [5, 5.41) is 2.87. The number of nitrogens with one attached hydrogen (secondary N) is 1. The van der Waals surface area contributed by atoms with Crippen molar-refractivity contribution in [3.8, 4) is 22.9 Å². The van der Waals surface area contributed by atoms with Gasteiger partial charge in [-0.1, -0.05) is 13.8 Å². The molecule has 0 spiro atoms. The smallest absolute Gasteiger partial charge is 0.480 e. The molecule has 0 saturated carbocycles. The van der Waals surface area contributed by atoms with Gasteiger partial charge in [0.1, 0.15) is 5.75 Å². The molecule has 1 unspecified atom stereocenters. The summed E-state index contributed by atoms with van der Waals surface area (Å²) in [6.45, 7) is 9.30. The number of pyridine rings is 1. The van der Waals surface area contributed by atoms with Gasteiger partial charge in [0, 0.05) is 12.7 Å². The molecule has 2 aromatic rings. The van der Waals surface area contributed by atoms with Gasteiger partial charge in [-0.15, -0.1) is 13.2 Å². The predicted octanol–water partition coefficient (Wildman–Crippen LogP) is 5.25. The Kier molecular flexibility index (Phi) is 10.2. The number of nitrogens with zero attached hydrogens (tertiary/aromatic N) is 1. The molecule has 1 atom stereocenters. The molecule has 1 heterocycles. The van der Waals surface area contributed by atoms with E-state index in [-0.39, 0.29) is 18.2 Å². The first kappa shape index (κ1) is 27.0. The second kappa shape index (κ2) is 12.1. The molecule has 0 amide bonds. The summed E-state index contributed by atoms with van der Waals surface area (Å²) in [7, 11) is 2.76. The van der Waals surface area contributed by atoms with Gasteiger partial charge in [-0.25, -0.2) is 9.78 Å². The van der Waals surface area contributed by atoms with E-state index in [1.165, 1.54) is 32.4 Å². The normalized spacial score (nSPS) is 11.7. The van der Waals surface area contributed by atoms with Crippen molar-refractivity contribution in [2.24, 2.45) is 0 Å². The van der Waals surface area contributed by atoms with Gasteiger partial charge in [-0.3, -0.25) is 0 Å². The molecule has 0 aliphatic heterocycles. The van der Waals surface area contributed by atoms with Crippen molar-refractivity contribution in [1.29, 1.82) is 0 Å².